The number of hydrogen-bond acceptors (Lipinski definition) is 4. The van der Waals surface area contributed by atoms with E-state index in [0.717, 1.165) is 12.8 Å². The summed E-state index contributed by atoms with van der Waals surface area (Å²) >= 11 is 0. The summed E-state index contributed by atoms with van der Waals surface area (Å²) in [5, 5.41) is 6.25. The molecule has 1 N–H and O–H groups in total. The van der Waals surface area contributed by atoms with Crippen molar-refractivity contribution in [2.75, 3.05) is 18.4 Å². The number of nitrogens with zero attached hydrogens (tertiary/aromatic N) is 2. The molecular weight excluding hydrogens is 222 g/mol. The van der Waals surface area contributed by atoms with E-state index in [9.17, 15) is 9.59 Å². The Morgan fingerprint density at radius 2 is 2.41 bits per heavy atom. The van der Waals surface area contributed by atoms with Gasteiger partial charge in [-0.05, 0) is 19.8 Å². The Balaban J connectivity index is 1.86. The fraction of sp³-hybridized carbons (Fsp3) is 0.545. The second kappa shape index (κ2) is 4.99. The summed E-state index contributed by atoms with van der Waals surface area (Å²) in [6.45, 7) is 2.49. The van der Waals surface area contributed by atoms with Crippen LogP contribution in [0.3, 0.4) is 0 Å². The van der Waals surface area contributed by atoms with E-state index in [1.165, 1.54) is 0 Å². The van der Waals surface area contributed by atoms with E-state index in [1.807, 2.05) is 0 Å². The minimum absolute atomic E-state index is 0.0442. The first-order chi connectivity index (χ1) is 8.15. The third kappa shape index (κ3) is 3.05. The highest BCUT2D eigenvalue weighted by Gasteiger charge is 2.20. The number of aryl methyl sites for hydroxylation is 1. The molecule has 17 heavy (non-hydrogen) atoms. The molecule has 0 spiro atoms. The number of piperidine rings is 1. The van der Waals surface area contributed by atoms with Gasteiger partial charge in [-0.2, -0.15) is 0 Å². The molecule has 2 rings (SSSR count). The number of hydrogen-bond donors (Lipinski definition) is 1. The van der Waals surface area contributed by atoms with Gasteiger partial charge in [0.05, 0.1) is 6.54 Å². The second-order valence-corrected chi connectivity index (χ2v) is 4.14. The van der Waals surface area contributed by atoms with Crippen LogP contribution in [0.25, 0.3) is 0 Å². The number of carbonyl (C=O) groups excluding carboxylic acids is 2. The van der Waals surface area contributed by atoms with Crippen LogP contribution in [-0.2, 0) is 9.59 Å². The first-order valence-corrected chi connectivity index (χ1v) is 5.66. The van der Waals surface area contributed by atoms with Gasteiger partial charge in [-0.15, -0.1) is 0 Å². The van der Waals surface area contributed by atoms with Gasteiger partial charge >= 0.3 is 0 Å². The Bertz CT molecular complexity index is 427. The molecule has 2 amide bonds. The molecule has 1 aliphatic rings. The number of likely N-dealkylation sites (tertiary alicyclic amines) is 1. The minimum Gasteiger partial charge on any atom is -0.360 e. The summed E-state index contributed by atoms with van der Waals surface area (Å²) in [5.41, 5.74) is 0. The van der Waals surface area contributed by atoms with Gasteiger partial charge in [-0.1, -0.05) is 5.16 Å². The van der Waals surface area contributed by atoms with Crippen LogP contribution in [-0.4, -0.2) is 35.0 Å². The quantitative estimate of drug-likeness (QED) is 0.848. The van der Waals surface area contributed by atoms with Gasteiger partial charge in [0.1, 0.15) is 5.76 Å². The smallest absolute Gasteiger partial charge is 0.245 e. The zero-order chi connectivity index (χ0) is 12.3. The molecule has 0 bridgehead atoms. The maximum atomic E-state index is 11.6. The molecule has 1 saturated heterocycles. The first-order valence-electron chi connectivity index (χ1n) is 5.66. The summed E-state index contributed by atoms with van der Waals surface area (Å²) < 4.78 is 4.83. The van der Waals surface area contributed by atoms with Crippen LogP contribution in [0.4, 0.5) is 5.82 Å². The van der Waals surface area contributed by atoms with Gasteiger partial charge in [0, 0.05) is 19.0 Å². The number of rotatable bonds is 3. The highest BCUT2D eigenvalue weighted by Crippen LogP contribution is 2.11. The van der Waals surface area contributed by atoms with E-state index >= 15 is 0 Å². The summed E-state index contributed by atoms with van der Waals surface area (Å²) in [6, 6.07) is 1.63. The summed E-state index contributed by atoms with van der Waals surface area (Å²) in [5.74, 6) is 0.822. The lowest BCUT2D eigenvalue weighted by Crippen LogP contribution is -2.40. The van der Waals surface area contributed by atoms with E-state index in [2.05, 4.69) is 10.5 Å². The zero-order valence-corrected chi connectivity index (χ0v) is 9.73. The van der Waals surface area contributed by atoms with Gasteiger partial charge in [0.2, 0.25) is 11.8 Å². The van der Waals surface area contributed by atoms with E-state index in [-0.39, 0.29) is 18.4 Å². The van der Waals surface area contributed by atoms with Crippen LogP contribution in [0.1, 0.15) is 25.0 Å². The first kappa shape index (κ1) is 11.6. The van der Waals surface area contributed by atoms with E-state index in [0.29, 0.717) is 24.5 Å². The molecule has 1 aromatic rings. The third-order valence-electron chi connectivity index (χ3n) is 2.65. The predicted molar refractivity (Wildman–Crippen MR) is 60.3 cm³/mol. The van der Waals surface area contributed by atoms with Crippen molar-refractivity contribution in [2.45, 2.75) is 26.2 Å². The standard InChI is InChI=1S/C11H15N3O3/c1-8-6-9(13-17-8)12-10(15)7-14-5-3-2-4-11(14)16/h6H,2-5,7H2,1H3,(H,12,13,15). The van der Waals surface area contributed by atoms with Crippen LogP contribution in [0, 0.1) is 6.92 Å². The molecule has 1 fully saturated rings. The van der Waals surface area contributed by atoms with Crippen molar-refractivity contribution >= 4 is 17.6 Å². The molecule has 1 aromatic heterocycles. The van der Waals surface area contributed by atoms with Gasteiger partial charge in [0.25, 0.3) is 0 Å². The number of aromatic nitrogens is 1. The van der Waals surface area contributed by atoms with Crippen molar-refractivity contribution in [3.63, 3.8) is 0 Å². The highest BCUT2D eigenvalue weighted by molar-refractivity contribution is 5.93. The van der Waals surface area contributed by atoms with Gasteiger partial charge in [-0.3, -0.25) is 9.59 Å². The fourth-order valence-electron chi connectivity index (χ4n) is 1.81. The average Bonchev–Trinajstić information content (AvgIpc) is 2.67. The number of amides is 2. The lowest BCUT2D eigenvalue weighted by molar-refractivity contribution is -0.136. The Hall–Kier alpha value is -1.85. The van der Waals surface area contributed by atoms with Crippen molar-refractivity contribution in [2.24, 2.45) is 0 Å². The van der Waals surface area contributed by atoms with Crippen molar-refractivity contribution in [3.05, 3.63) is 11.8 Å². The van der Waals surface area contributed by atoms with E-state index < -0.39 is 0 Å². The topological polar surface area (TPSA) is 75.4 Å². The normalized spacial score (nSPS) is 16.1. The van der Waals surface area contributed by atoms with Gasteiger partial charge in [-0.25, -0.2) is 0 Å². The van der Waals surface area contributed by atoms with Gasteiger partial charge in [0.15, 0.2) is 5.82 Å². The van der Waals surface area contributed by atoms with Crippen molar-refractivity contribution in [3.8, 4) is 0 Å². The molecule has 0 unspecified atom stereocenters. The van der Waals surface area contributed by atoms with E-state index in [1.54, 1.807) is 17.9 Å². The second-order valence-electron chi connectivity index (χ2n) is 4.14. The Kier molecular flexibility index (Phi) is 3.41. The molecule has 0 aromatic carbocycles. The molecule has 0 radical (unpaired) electrons. The van der Waals surface area contributed by atoms with Crippen LogP contribution in [0.15, 0.2) is 10.6 Å². The van der Waals surface area contributed by atoms with Crippen molar-refractivity contribution in [1.82, 2.24) is 10.1 Å². The van der Waals surface area contributed by atoms with Gasteiger partial charge < -0.3 is 14.7 Å². The molecule has 0 atom stereocenters. The summed E-state index contributed by atoms with van der Waals surface area (Å²) in [4.78, 5) is 24.7. The molecule has 92 valence electrons. The third-order valence-corrected chi connectivity index (χ3v) is 2.65. The van der Waals surface area contributed by atoms with Crippen LogP contribution >= 0.6 is 0 Å². The highest BCUT2D eigenvalue weighted by atomic mass is 16.5. The van der Waals surface area contributed by atoms with Crippen molar-refractivity contribution in [1.29, 1.82) is 0 Å². The molecule has 0 saturated carbocycles. The van der Waals surface area contributed by atoms with E-state index in [4.69, 9.17) is 4.52 Å². The van der Waals surface area contributed by atoms with Crippen LogP contribution in [0.2, 0.25) is 0 Å². The Morgan fingerprint density at radius 1 is 1.59 bits per heavy atom. The summed E-state index contributed by atoms with van der Waals surface area (Å²) in [7, 11) is 0. The Morgan fingerprint density at radius 3 is 3.06 bits per heavy atom. The SMILES string of the molecule is Cc1cc(NC(=O)CN2CCCCC2=O)no1. The average molecular weight is 237 g/mol. The number of carbonyl (C=O) groups is 2. The monoisotopic (exact) mass is 237 g/mol. The zero-order valence-electron chi connectivity index (χ0n) is 9.73. The molecule has 6 heteroatoms. The predicted octanol–water partition coefficient (Wildman–Crippen LogP) is 0.934. The maximum Gasteiger partial charge on any atom is 0.245 e. The molecular formula is C11H15N3O3. The van der Waals surface area contributed by atoms with Crippen LogP contribution in [0.5, 0.6) is 0 Å². The summed E-state index contributed by atoms with van der Waals surface area (Å²) in [6.07, 6.45) is 2.41. The lowest BCUT2D eigenvalue weighted by Gasteiger charge is -2.25. The molecule has 1 aliphatic heterocycles. The Labute approximate surface area is 98.9 Å². The molecule has 6 nitrogen and oxygen atoms in total. The largest absolute Gasteiger partial charge is 0.360 e. The lowest BCUT2D eigenvalue weighted by atomic mass is 10.1. The minimum atomic E-state index is -0.242. The fourth-order valence-corrected chi connectivity index (χ4v) is 1.81. The molecule has 2 heterocycles. The molecule has 0 aliphatic carbocycles. The maximum absolute atomic E-state index is 11.6. The van der Waals surface area contributed by atoms with Crippen molar-refractivity contribution < 1.29 is 14.1 Å². The van der Waals surface area contributed by atoms with Crippen LogP contribution < -0.4 is 5.32 Å². The number of anilines is 1. The number of nitrogens with one attached hydrogen (secondary N) is 1.